The maximum atomic E-state index is 14.6. The Hall–Kier alpha value is -3.38. The maximum absolute atomic E-state index is 14.6. The van der Waals surface area contributed by atoms with E-state index in [1.807, 2.05) is 5.41 Å². The van der Waals surface area contributed by atoms with E-state index in [1.54, 1.807) is 24.4 Å². The minimum atomic E-state index is -0.467. The first kappa shape index (κ1) is 28.2. The van der Waals surface area contributed by atoms with Crippen molar-refractivity contribution in [1.29, 1.82) is 0 Å². The van der Waals surface area contributed by atoms with E-state index in [0.717, 1.165) is 31.8 Å². The van der Waals surface area contributed by atoms with E-state index in [4.69, 9.17) is 11.6 Å². The SMILES string of the molecule is CN1CCN(CCC(=O)Nc2cc(Nc3cc(-c4cc(Cl)ccc4F)nnc3SC=C3CC(=O)C3)ccn2)CC1. The fraction of sp³-hybridized carbons (Fsp3) is 0.321. The van der Waals surface area contributed by atoms with Gasteiger partial charge in [0.15, 0.2) is 0 Å². The molecule has 0 bridgehead atoms. The van der Waals surface area contributed by atoms with Crippen molar-refractivity contribution in [2.45, 2.75) is 24.3 Å². The van der Waals surface area contributed by atoms with Crippen molar-refractivity contribution in [1.82, 2.24) is 25.0 Å². The van der Waals surface area contributed by atoms with Gasteiger partial charge in [-0.05, 0) is 48.4 Å². The van der Waals surface area contributed by atoms with Gasteiger partial charge in [0, 0.05) is 80.5 Å². The molecule has 0 atom stereocenters. The molecule has 1 aliphatic heterocycles. The molecule has 40 heavy (non-hydrogen) atoms. The standard InChI is InChI=1S/C28H29ClFN7O2S/c1-36-8-10-37(11-9-36)7-5-27(39)33-26-15-20(4-6-31-26)32-25-16-24(22-14-19(29)2-3-23(22)30)34-35-28(25)40-17-18-12-21(38)13-18/h2-4,6,14-17H,5,7-13H2,1H3,(H2,31,32,33,34,39). The molecule has 2 aromatic heterocycles. The normalized spacial score (nSPS) is 16.0. The molecule has 12 heteroatoms. The Bertz CT molecular complexity index is 1440. The van der Waals surface area contributed by atoms with Crippen molar-refractivity contribution in [3.8, 4) is 11.3 Å². The fourth-order valence-corrected chi connectivity index (χ4v) is 5.27. The second kappa shape index (κ2) is 12.9. The molecule has 9 nitrogen and oxygen atoms in total. The number of carbonyl (C=O) groups excluding carboxylic acids is 2. The number of halogens is 2. The third-order valence-corrected chi connectivity index (χ3v) is 7.92. The number of ketones is 1. The predicted octanol–water partition coefficient (Wildman–Crippen LogP) is 4.99. The number of piperazine rings is 1. The summed E-state index contributed by atoms with van der Waals surface area (Å²) in [6.45, 7) is 4.61. The first-order chi connectivity index (χ1) is 19.3. The van der Waals surface area contributed by atoms with Crippen LogP contribution in [0, 0.1) is 5.82 Å². The molecule has 2 fully saturated rings. The summed E-state index contributed by atoms with van der Waals surface area (Å²) in [6, 6.07) is 9.45. The second-order valence-electron chi connectivity index (χ2n) is 9.86. The Balaban J connectivity index is 1.31. The van der Waals surface area contributed by atoms with Gasteiger partial charge in [-0.25, -0.2) is 9.37 Å². The topological polar surface area (TPSA) is 103 Å². The van der Waals surface area contributed by atoms with E-state index < -0.39 is 5.82 Å². The lowest BCUT2D eigenvalue weighted by Crippen LogP contribution is -2.45. The van der Waals surface area contributed by atoms with Gasteiger partial charge in [0.1, 0.15) is 22.4 Å². The fourth-order valence-electron chi connectivity index (χ4n) is 4.33. The Morgan fingerprint density at radius 3 is 2.70 bits per heavy atom. The third-order valence-electron chi connectivity index (χ3n) is 6.71. The van der Waals surface area contributed by atoms with Gasteiger partial charge in [-0.2, -0.15) is 0 Å². The first-order valence-corrected chi connectivity index (χ1v) is 14.2. The number of benzene rings is 1. The molecule has 1 amide bonds. The number of Topliss-reactive ketones (excluding diaryl/α,β-unsaturated/α-hetero) is 1. The lowest BCUT2D eigenvalue weighted by molar-refractivity contribution is -0.120. The van der Waals surface area contributed by atoms with Gasteiger partial charge in [0.2, 0.25) is 5.91 Å². The number of pyridine rings is 1. The molecule has 2 aliphatic rings. The zero-order chi connectivity index (χ0) is 28.1. The summed E-state index contributed by atoms with van der Waals surface area (Å²) >= 11 is 7.44. The summed E-state index contributed by atoms with van der Waals surface area (Å²) in [5, 5.41) is 17.6. The highest BCUT2D eigenvalue weighted by atomic mass is 35.5. The number of likely N-dealkylation sites (N-methyl/N-ethyl adjacent to an activating group) is 1. The number of anilines is 3. The van der Waals surface area contributed by atoms with E-state index in [1.165, 1.54) is 30.0 Å². The Labute approximate surface area is 241 Å². The van der Waals surface area contributed by atoms with Gasteiger partial charge in [-0.1, -0.05) is 23.4 Å². The van der Waals surface area contributed by atoms with E-state index in [-0.39, 0.29) is 17.3 Å². The number of carbonyl (C=O) groups is 2. The van der Waals surface area contributed by atoms with E-state index in [0.29, 0.717) is 58.7 Å². The molecule has 208 valence electrons. The summed E-state index contributed by atoms with van der Waals surface area (Å²) in [5.41, 5.74) is 2.80. The molecule has 3 heterocycles. The van der Waals surface area contributed by atoms with Crippen LogP contribution in [-0.4, -0.2) is 76.4 Å². The lowest BCUT2D eigenvalue weighted by atomic mass is 9.93. The predicted molar refractivity (Wildman–Crippen MR) is 155 cm³/mol. The summed E-state index contributed by atoms with van der Waals surface area (Å²) < 4.78 is 14.6. The quantitative estimate of drug-likeness (QED) is 0.338. The van der Waals surface area contributed by atoms with Crippen LogP contribution in [0.3, 0.4) is 0 Å². The van der Waals surface area contributed by atoms with E-state index >= 15 is 0 Å². The lowest BCUT2D eigenvalue weighted by Gasteiger charge is -2.32. The molecule has 0 unspecified atom stereocenters. The number of aromatic nitrogens is 3. The number of allylic oxidation sites excluding steroid dienone is 1. The smallest absolute Gasteiger partial charge is 0.226 e. The van der Waals surface area contributed by atoms with Crippen LogP contribution < -0.4 is 10.6 Å². The molecular weight excluding hydrogens is 553 g/mol. The second-order valence-corrected chi connectivity index (χ2v) is 11.2. The number of amides is 1. The van der Waals surface area contributed by atoms with Crippen molar-refractivity contribution >= 4 is 52.2 Å². The average Bonchev–Trinajstić information content (AvgIpc) is 2.92. The minimum absolute atomic E-state index is 0.106. The van der Waals surface area contributed by atoms with Gasteiger partial charge in [-0.15, -0.1) is 10.2 Å². The molecule has 1 aromatic carbocycles. The van der Waals surface area contributed by atoms with Gasteiger partial charge >= 0.3 is 0 Å². The first-order valence-electron chi connectivity index (χ1n) is 13.0. The van der Waals surface area contributed by atoms with Gasteiger partial charge in [0.05, 0.1) is 11.4 Å². The van der Waals surface area contributed by atoms with Crippen LogP contribution in [0.1, 0.15) is 19.3 Å². The Kier molecular flexibility index (Phi) is 9.05. The zero-order valence-electron chi connectivity index (χ0n) is 22.0. The van der Waals surface area contributed by atoms with Gasteiger partial charge in [-0.3, -0.25) is 9.59 Å². The monoisotopic (exact) mass is 581 g/mol. The maximum Gasteiger partial charge on any atom is 0.226 e. The van der Waals surface area contributed by atoms with Crippen LogP contribution in [0.2, 0.25) is 5.02 Å². The van der Waals surface area contributed by atoms with Crippen LogP contribution in [-0.2, 0) is 9.59 Å². The average molecular weight is 582 g/mol. The van der Waals surface area contributed by atoms with Gasteiger partial charge in [0.25, 0.3) is 0 Å². The summed E-state index contributed by atoms with van der Waals surface area (Å²) in [4.78, 5) is 32.8. The molecular formula is C28H29ClFN7O2S. The number of hydrogen-bond donors (Lipinski definition) is 2. The number of hydrogen-bond acceptors (Lipinski definition) is 9. The number of nitrogens with one attached hydrogen (secondary N) is 2. The molecule has 0 radical (unpaired) electrons. The van der Waals surface area contributed by atoms with Crippen LogP contribution >= 0.6 is 23.4 Å². The van der Waals surface area contributed by atoms with E-state index in [9.17, 15) is 14.0 Å². The minimum Gasteiger partial charge on any atom is -0.353 e. The van der Waals surface area contributed by atoms with Crippen molar-refractivity contribution in [3.63, 3.8) is 0 Å². The molecule has 3 aromatic rings. The van der Waals surface area contributed by atoms with Gasteiger partial charge < -0.3 is 20.4 Å². The number of rotatable bonds is 9. The van der Waals surface area contributed by atoms with Crippen molar-refractivity contribution in [2.75, 3.05) is 50.4 Å². The Morgan fingerprint density at radius 1 is 1.12 bits per heavy atom. The summed E-state index contributed by atoms with van der Waals surface area (Å²) in [7, 11) is 2.10. The molecule has 5 rings (SSSR count). The van der Waals surface area contributed by atoms with Crippen LogP contribution in [0.25, 0.3) is 11.3 Å². The molecule has 2 N–H and O–H groups in total. The highest BCUT2D eigenvalue weighted by Gasteiger charge is 2.20. The molecule has 0 spiro atoms. The highest BCUT2D eigenvalue weighted by Crippen LogP contribution is 2.35. The molecule has 1 saturated carbocycles. The highest BCUT2D eigenvalue weighted by molar-refractivity contribution is 8.02. The molecule has 1 aliphatic carbocycles. The Morgan fingerprint density at radius 2 is 1.93 bits per heavy atom. The third kappa shape index (κ3) is 7.42. The van der Waals surface area contributed by atoms with Crippen LogP contribution in [0.15, 0.2) is 58.6 Å². The summed E-state index contributed by atoms with van der Waals surface area (Å²) in [5.74, 6) is 0.0511. The number of thioether (sulfide) groups is 1. The van der Waals surface area contributed by atoms with Crippen molar-refractivity contribution in [3.05, 3.63) is 64.4 Å². The molecule has 1 saturated heterocycles. The van der Waals surface area contributed by atoms with Crippen molar-refractivity contribution < 1.29 is 14.0 Å². The van der Waals surface area contributed by atoms with Crippen LogP contribution in [0.5, 0.6) is 0 Å². The van der Waals surface area contributed by atoms with Crippen molar-refractivity contribution in [2.24, 2.45) is 0 Å². The zero-order valence-corrected chi connectivity index (χ0v) is 23.6. The van der Waals surface area contributed by atoms with E-state index in [2.05, 4.69) is 42.7 Å². The largest absolute Gasteiger partial charge is 0.353 e. The summed E-state index contributed by atoms with van der Waals surface area (Å²) in [6.07, 6.45) is 2.86. The van der Waals surface area contributed by atoms with Crippen LogP contribution in [0.4, 0.5) is 21.6 Å². The number of nitrogens with zero attached hydrogens (tertiary/aromatic N) is 5.